The molecule has 1 aliphatic heterocycles. The van der Waals surface area contributed by atoms with Crippen LogP contribution in [0.15, 0.2) is 59.7 Å². The molecular formula is C26H32N2. The molecule has 1 aliphatic rings. The Labute approximate surface area is 170 Å². The third-order valence-electron chi connectivity index (χ3n) is 5.71. The van der Waals surface area contributed by atoms with Gasteiger partial charge in [-0.1, -0.05) is 62.9 Å². The number of hydrogen-bond acceptors (Lipinski definition) is 0. The molecule has 0 unspecified atom stereocenters. The van der Waals surface area contributed by atoms with E-state index < -0.39 is 0 Å². The fraction of sp³-hybridized carbons (Fsp3) is 0.385. The van der Waals surface area contributed by atoms with Crippen LogP contribution in [0.5, 0.6) is 0 Å². The average Bonchev–Trinajstić information content (AvgIpc) is 2.95. The highest BCUT2D eigenvalue weighted by atomic mass is 15.2. The fourth-order valence-electron chi connectivity index (χ4n) is 4.16. The molecule has 2 aromatic carbocycles. The van der Waals surface area contributed by atoms with Crippen LogP contribution in [0.2, 0.25) is 0 Å². The summed E-state index contributed by atoms with van der Waals surface area (Å²) in [6.07, 6.45) is 7.17. The Morgan fingerprint density at radius 2 is 1.57 bits per heavy atom. The number of allylic oxidation sites excluding steroid dienone is 2. The maximum Gasteiger partial charge on any atom is 0.211 e. The maximum absolute atomic E-state index is 11.1. The van der Waals surface area contributed by atoms with Crippen LogP contribution < -0.4 is 0 Å². The second-order valence-corrected chi connectivity index (χ2v) is 7.84. The molecule has 0 bridgehead atoms. The van der Waals surface area contributed by atoms with Crippen LogP contribution in [0.1, 0.15) is 75.1 Å². The summed E-state index contributed by atoms with van der Waals surface area (Å²) >= 11 is 0. The molecule has 0 aliphatic carbocycles. The zero-order chi connectivity index (χ0) is 20.1. The SMILES string of the molecule is CCCCCCc1ccc(C2=C(C)C(CC)=C(c3cccc(C)c3)[N+]2=[N-])cc1. The molecule has 0 aromatic heterocycles. The summed E-state index contributed by atoms with van der Waals surface area (Å²) in [5.41, 5.74) is 20.0. The van der Waals surface area contributed by atoms with Gasteiger partial charge in [0.15, 0.2) is 0 Å². The number of nitrogens with zero attached hydrogens (tertiary/aromatic N) is 2. The van der Waals surface area contributed by atoms with E-state index in [4.69, 9.17) is 0 Å². The molecule has 3 rings (SSSR count). The summed E-state index contributed by atoms with van der Waals surface area (Å²) in [6, 6.07) is 17.1. The minimum atomic E-state index is 0.894. The fourth-order valence-corrected chi connectivity index (χ4v) is 4.16. The quantitative estimate of drug-likeness (QED) is 0.335. The van der Waals surface area contributed by atoms with E-state index in [-0.39, 0.29) is 0 Å². The smallest absolute Gasteiger partial charge is 0.211 e. The first kappa shape index (κ1) is 20.3. The third-order valence-corrected chi connectivity index (χ3v) is 5.71. The summed E-state index contributed by atoms with van der Waals surface area (Å²) in [6.45, 7) is 8.62. The molecule has 0 fully saturated rings. The van der Waals surface area contributed by atoms with Crippen molar-refractivity contribution in [1.82, 2.24) is 0 Å². The molecule has 2 aromatic rings. The number of unbranched alkanes of at least 4 members (excludes halogenated alkanes) is 3. The third kappa shape index (κ3) is 4.16. The number of rotatable bonds is 8. The van der Waals surface area contributed by atoms with Gasteiger partial charge >= 0.3 is 0 Å². The van der Waals surface area contributed by atoms with E-state index >= 15 is 0 Å². The van der Waals surface area contributed by atoms with Crippen molar-refractivity contribution in [3.63, 3.8) is 0 Å². The van der Waals surface area contributed by atoms with Crippen LogP contribution in [0.25, 0.3) is 16.9 Å². The Kier molecular flexibility index (Phi) is 6.61. The Hall–Kier alpha value is -2.48. The molecular weight excluding hydrogens is 340 g/mol. The van der Waals surface area contributed by atoms with E-state index in [0.717, 1.165) is 40.9 Å². The van der Waals surface area contributed by atoms with Gasteiger partial charge < -0.3 is 5.53 Å². The highest BCUT2D eigenvalue weighted by molar-refractivity contribution is 5.81. The molecule has 28 heavy (non-hydrogen) atoms. The van der Waals surface area contributed by atoms with Gasteiger partial charge in [-0.3, -0.25) is 0 Å². The van der Waals surface area contributed by atoms with E-state index in [1.54, 1.807) is 0 Å². The van der Waals surface area contributed by atoms with Gasteiger partial charge in [0, 0.05) is 22.3 Å². The van der Waals surface area contributed by atoms with Crippen molar-refractivity contribution in [3.8, 4) is 0 Å². The normalized spacial score (nSPS) is 14.4. The first-order valence-corrected chi connectivity index (χ1v) is 10.7. The predicted molar refractivity (Wildman–Crippen MR) is 119 cm³/mol. The van der Waals surface area contributed by atoms with Crippen molar-refractivity contribution in [2.45, 2.75) is 66.2 Å². The Morgan fingerprint density at radius 1 is 0.821 bits per heavy atom. The topological polar surface area (TPSA) is 25.3 Å². The standard InChI is InChI=1S/C26H32N2/c1-5-7-8-9-12-21-14-16-22(17-15-21)25-20(4)24(6-2)26(28(25)27)23-13-10-11-19(3)18-23/h10-11,13-18H,5-9,12H2,1-4H3. The van der Waals surface area contributed by atoms with Crippen LogP contribution in [0.4, 0.5) is 0 Å². The first-order valence-electron chi connectivity index (χ1n) is 10.7. The molecule has 0 radical (unpaired) electrons. The van der Waals surface area contributed by atoms with Crippen LogP contribution in [-0.4, -0.2) is 4.70 Å². The Bertz CT molecular complexity index is 914. The zero-order valence-corrected chi connectivity index (χ0v) is 17.8. The summed E-state index contributed by atoms with van der Waals surface area (Å²) in [7, 11) is 0. The van der Waals surface area contributed by atoms with Gasteiger partial charge in [0.1, 0.15) is 0 Å². The van der Waals surface area contributed by atoms with E-state index in [1.165, 1.54) is 47.1 Å². The molecule has 0 amide bonds. The van der Waals surface area contributed by atoms with Gasteiger partial charge in [-0.25, -0.2) is 4.70 Å². The van der Waals surface area contributed by atoms with Crippen LogP contribution in [0, 0.1) is 6.92 Å². The average molecular weight is 373 g/mol. The minimum Gasteiger partial charge on any atom is -0.493 e. The molecule has 0 atom stereocenters. The van der Waals surface area contributed by atoms with Gasteiger partial charge in [0.05, 0.1) is 0 Å². The van der Waals surface area contributed by atoms with Crippen molar-refractivity contribution in [1.29, 1.82) is 0 Å². The molecule has 2 heteroatoms. The van der Waals surface area contributed by atoms with E-state index in [1.807, 2.05) is 0 Å². The van der Waals surface area contributed by atoms with Crippen LogP contribution in [0.3, 0.4) is 0 Å². The van der Waals surface area contributed by atoms with E-state index in [9.17, 15) is 5.53 Å². The second kappa shape index (κ2) is 9.14. The molecule has 0 saturated heterocycles. The van der Waals surface area contributed by atoms with Gasteiger partial charge in [0.2, 0.25) is 11.4 Å². The summed E-state index contributed by atoms with van der Waals surface area (Å²) in [5, 5.41) is 0. The summed E-state index contributed by atoms with van der Waals surface area (Å²) in [5.74, 6) is 0. The van der Waals surface area contributed by atoms with Gasteiger partial charge in [-0.2, -0.15) is 0 Å². The maximum atomic E-state index is 11.1. The highest BCUT2D eigenvalue weighted by Crippen LogP contribution is 2.41. The molecule has 146 valence electrons. The van der Waals surface area contributed by atoms with Crippen molar-refractivity contribution >= 4 is 11.4 Å². The lowest BCUT2D eigenvalue weighted by Crippen LogP contribution is -2.02. The Morgan fingerprint density at radius 3 is 2.21 bits per heavy atom. The van der Waals surface area contributed by atoms with Crippen molar-refractivity contribution in [2.75, 3.05) is 0 Å². The minimum absolute atomic E-state index is 0.894. The van der Waals surface area contributed by atoms with E-state index in [2.05, 4.69) is 76.2 Å². The van der Waals surface area contributed by atoms with Crippen LogP contribution >= 0.6 is 0 Å². The van der Waals surface area contributed by atoms with Crippen molar-refractivity contribution in [3.05, 3.63) is 87.5 Å². The van der Waals surface area contributed by atoms with Crippen molar-refractivity contribution < 1.29 is 4.70 Å². The molecule has 2 nitrogen and oxygen atoms in total. The predicted octanol–water partition coefficient (Wildman–Crippen LogP) is 7.72. The number of benzene rings is 2. The number of aryl methyl sites for hydroxylation is 2. The Balaban J connectivity index is 1.85. The number of hydrogen-bond donors (Lipinski definition) is 0. The van der Waals surface area contributed by atoms with Gasteiger partial charge in [0.25, 0.3) is 0 Å². The summed E-state index contributed by atoms with van der Waals surface area (Å²) in [4.78, 5) is 0. The first-order chi connectivity index (χ1) is 13.6. The molecule has 1 heterocycles. The monoisotopic (exact) mass is 372 g/mol. The van der Waals surface area contributed by atoms with Gasteiger partial charge in [-0.05, 0) is 62.9 Å². The lowest BCUT2D eigenvalue weighted by Gasteiger charge is -2.10. The molecule has 0 N–H and O–H groups in total. The lowest BCUT2D eigenvalue weighted by atomic mass is 9.98. The largest absolute Gasteiger partial charge is 0.493 e. The summed E-state index contributed by atoms with van der Waals surface area (Å²) < 4.78 is 1.40. The second-order valence-electron chi connectivity index (χ2n) is 7.84. The lowest BCUT2D eigenvalue weighted by molar-refractivity contribution is -0.345. The van der Waals surface area contributed by atoms with E-state index in [0.29, 0.717) is 0 Å². The van der Waals surface area contributed by atoms with Gasteiger partial charge in [-0.15, -0.1) is 0 Å². The highest BCUT2D eigenvalue weighted by Gasteiger charge is 2.32. The van der Waals surface area contributed by atoms with Crippen LogP contribution in [-0.2, 0) is 6.42 Å². The molecule has 0 saturated carbocycles. The molecule has 0 spiro atoms. The van der Waals surface area contributed by atoms with Crippen molar-refractivity contribution in [2.24, 2.45) is 0 Å². The zero-order valence-electron chi connectivity index (χ0n) is 17.8.